The molecule has 3 N–H and O–H groups in total. The average molecular weight is 406 g/mol. The predicted molar refractivity (Wildman–Crippen MR) is 111 cm³/mol. The van der Waals surface area contributed by atoms with Gasteiger partial charge in [-0.05, 0) is 31.0 Å². The summed E-state index contributed by atoms with van der Waals surface area (Å²) in [6, 6.07) is 16.4. The average Bonchev–Trinajstić information content (AvgIpc) is 2.71. The Bertz CT molecular complexity index is 708. The van der Waals surface area contributed by atoms with Gasteiger partial charge in [0, 0.05) is 36.2 Å². The van der Waals surface area contributed by atoms with E-state index in [1.807, 2.05) is 37.3 Å². The highest BCUT2D eigenvalue weighted by Crippen LogP contribution is 2.15. The molecule has 28 heavy (non-hydrogen) atoms. The standard InChI is InChI=1S/C22H28ClNO4/c1-16(11-12-25)24-14-20(26)15-28-21(13-17-7-9-19(23)10-8-17)22(27)18-5-3-2-4-6-18/h2-10,16,20-21,24-26H,11-15H2,1H3. The van der Waals surface area contributed by atoms with Crippen molar-refractivity contribution in [2.24, 2.45) is 0 Å². The monoisotopic (exact) mass is 405 g/mol. The predicted octanol–water partition coefficient (Wildman–Crippen LogP) is 2.87. The van der Waals surface area contributed by atoms with Crippen LogP contribution in [0.5, 0.6) is 0 Å². The molecule has 0 fully saturated rings. The topological polar surface area (TPSA) is 78.8 Å². The van der Waals surface area contributed by atoms with Crippen molar-refractivity contribution in [1.82, 2.24) is 5.32 Å². The highest BCUT2D eigenvalue weighted by Gasteiger charge is 2.22. The molecule has 3 atom stereocenters. The number of hydrogen-bond donors (Lipinski definition) is 3. The molecule has 2 aromatic carbocycles. The first-order chi connectivity index (χ1) is 13.5. The summed E-state index contributed by atoms with van der Waals surface area (Å²) >= 11 is 5.94. The van der Waals surface area contributed by atoms with Gasteiger partial charge < -0.3 is 20.3 Å². The van der Waals surface area contributed by atoms with E-state index in [1.54, 1.807) is 24.3 Å². The number of Topliss-reactive ketones (excluding diaryl/α,β-unsaturated/α-hetero) is 1. The SMILES string of the molecule is CC(CCO)NCC(O)COC(Cc1ccc(Cl)cc1)C(=O)c1ccccc1. The minimum Gasteiger partial charge on any atom is -0.396 e. The Balaban J connectivity index is 1.99. The highest BCUT2D eigenvalue weighted by atomic mass is 35.5. The Hall–Kier alpha value is -1.76. The van der Waals surface area contributed by atoms with Crippen LogP contribution in [0.3, 0.4) is 0 Å². The van der Waals surface area contributed by atoms with Crippen LogP contribution < -0.4 is 5.32 Å². The zero-order valence-electron chi connectivity index (χ0n) is 16.1. The maximum atomic E-state index is 12.9. The fraction of sp³-hybridized carbons (Fsp3) is 0.409. The van der Waals surface area contributed by atoms with Crippen molar-refractivity contribution in [3.05, 3.63) is 70.7 Å². The third-order valence-corrected chi connectivity index (χ3v) is 4.69. The van der Waals surface area contributed by atoms with Crippen LogP contribution in [0.25, 0.3) is 0 Å². The van der Waals surface area contributed by atoms with Crippen LogP contribution in [0, 0.1) is 0 Å². The molecule has 0 saturated heterocycles. The van der Waals surface area contributed by atoms with E-state index in [0.29, 0.717) is 30.0 Å². The summed E-state index contributed by atoms with van der Waals surface area (Å²) in [4.78, 5) is 12.9. The van der Waals surface area contributed by atoms with Gasteiger partial charge >= 0.3 is 0 Å². The number of aliphatic hydroxyl groups excluding tert-OH is 2. The lowest BCUT2D eigenvalue weighted by molar-refractivity contribution is -0.00247. The number of ketones is 1. The van der Waals surface area contributed by atoms with Gasteiger partial charge in [0.15, 0.2) is 5.78 Å². The molecule has 0 spiro atoms. The van der Waals surface area contributed by atoms with Crippen LogP contribution in [-0.4, -0.2) is 54.0 Å². The molecular formula is C22H28ClNO4. The molecule has 152 valence electrons. The molecule has 2 aromatic rings. The molecule has 0 aliphatic rings. The van der Waals surface area contributed by atoms with Gasteiger partial charge in [-0.1, -0.05) is 54.1 Å². The quantitative estimate of drug-likeness (QED) is 0.473. The molecule has 3 unspecified atom stereocenters. The lowest BCUT2D eigenvalue weighted by Gasteiger charge is -2.21. The third-order valence-electron chi connectivity index (χ3n) is 4.44. The van der Waals surface area contributed by atoms with Crippen molar-refractivity contribution in [3.8, 4) is 0 Å². The number of hydrogen-bond acceptors (Lipinski definition) is 5. The first kappa shape index (κ1) is 22.5. The lowest BCUT2D eigenvalue weighted by Crippen LogP contribution is -2.38. The summed E-state index contributed by atoms with van der Waals surface area (Å²) in [6.07, 6.45) is -0.448. The lowest BCUT2D eigenvalue weighted by atomic mass is 10.00. The summed E-state index contributed by atoms with van der Waals surface area (Å²) in [5, 5.41) is 22.9. The van der Waals surface area contributed by atoms with E-state index >= 15 is 0 Å². The molecule has 0 heterocycles. The number of nitrogens with one attached hydrogen (secondary N) is 1. The zero-order valence-corrected chi connectivity index (χ0v) is 16.8. The molecule has 0 aromatic heterocycles. The molecule has 0 saturated carbocycles. The number of carbonyl (C=O) groups is 1. The maximum Gasteiger partial charge on any atom is 0.191 e. The molecule has 0 aliphatic carbocycles. The van der Waals surface area contributed by atoms with Gasteiger partial charge in [0.1, 0.15) is 6.10 Å². The summed E-state index contributed by atoms with van der Waals surface area (Å²) in [5.41, 5.74) is 1.51. The number of benzene rings is 2. The zero-order chi connectivity index (χ0) is 20.4. The van der Waals surface area contributed by atoms with Gasteiger partial charge in [-0.3, -0.25) is 4.79 Å². The van der Waals surface area contributed by atoms with E-state index in [1.165, 1.54) is 0 Å². The molecule has 0 radical (unpaired) electrons. The molecule has 0 amide bonds. The molecule has 0 aliphatic heterocycles. The van der Waals surface area contributed by atoms with E-state index in [4.69, 9.17) is 21.4 Å². The molecular weight excluding hydrogens is 378 g/mol. The number of carbonyl (C=O) groups excluding carboxylic acids is 1. The minimum absolute atomic E-state index is 0.0374. The van der Waals surface area contributed by atoms with Crippen molar-refractivity contribution >= 4 is 17.4 Å². The first-order valence-electron chi connectivity index (χ1n) is 9.47. The van der Waals surface area contributed by atoms with Crippen molar-refractivity contribution in [1.29, 1.82) is 0 Å². The Morgan fingerprint density at radius 2 is 1.82 bits per heavy atom. The summed E-state index contributed by atoms with van der Waals surface area (Å²) in [6.45, 7) is 2.39. The Morgan fingerprint density at radius 1 is 1.14 bits per heavy atom. The number of halogens is 1. The van der Waals surface area contributed by atoms with Crippen LogP contribution in [0.2, 0.25) is 5.02 Å². The highest BCUT2D eigenvalue weighted by molar-refractivity contribution is 6.30. The van der Waals surface area contributed by atoms with Crippen LogP contribution in [-0.2, 0) is 11.2 Å². The van der Waals surface area contributed by atoms with Crippen molar-refractivity contribution < 1.29 is 19.7 Å². The van der Waals surface area contributed by atoms with E-state index < -0.39 is 12.2 Å². The van der Waals surface area contributed by atoms with E-state index in [0.717, 1.165) is 5.56 Å². The van der Waals surface area contributed by atoms with Crippen LogP contribution in [0.15, 0.2) is 54.6 Å². The molecule has 6 heteroatoms. The Morgan fingerprint density at radius 3 is 2.46 bits per heavy atom. The second-order valence-electron chi connectivity index (χ2n) is 6.86. The van der Waals surface area contributed by atoms with Gasteiger partial charge in [0.2, 0.25) is 0 Å². The van der Waals surface area contributed by atoms with Gasteiger partial charge in [-0.2, -0.15) is 0 Å². The minimum atomic E-state index is -0.752. The Labute approximate surface area is 171 Å². The first-order valence-corrected chi connectivity index (χ1v) is 9.85. The van der Waals surface area contributed by atoms with Gasteiger partial charge in [-0.15, -0.1) is 0 Å². The largest absolute Gasteiger partial charge is 0.396 e. The third kappa shape index (κ3) is 7.70. The van der Waals surface area contributed by atoms with Gasteiger partial charge in [0.25, 0.3) is 0 Å². The van der Waals surface area contributed by atoms with Crippen LogP contribution in [0.4, 0.5) is 0 Å². The number of aliphatic hydroxyl groups is 2. The summed E-state index contributed by atoms with van der Waals surface area (Å²) < 4.78 is 5.82. The maximum absolute atomic E-state index is 12.9. The van der Waals surface area contributed by atoms with E-state index in [-0.39, 0.29) is 25.0 Å². The van der Waals surface area contributed by atoms with Crippen molar-refractivity contribution in [2.75, 3.05) is 19.8 Å². The fourth-order valence-electron chi connectivity index (χ4n) is 2.77. The second-order valence-corrected chi connectivity index (χ2v) is 7.29. The molecule has 0 bridgehead atoms. The summed E-state index contributed by atoms with van der Waals surface area (Å²) in [5.74, 6) is -0.121. The fourth-order valence-corrected chi connectivity index (χ4v) is 2.90. The summed E-state index contributed by atoms with van der Waals surface area (Å²) in [7, 11) is 0. The van der Waals surface area contributed by atoms with Crippen molar-refractivity contribution in [2.45, 2.75) is 38.0 Å². The van der Waals surface area contributed by atoms with E-state index in [2.05, 4.69) is 5.32 Å². The molecule has 2 rings (SSSR count). The number of ether oxygens (including phenoxy) is 1. The molecule has 5 nitrogen and oxygen atoms in total. The van der Waals surface area contributed by atoms with Gasteiger partial charge in [-0.25, -0.2) is 0 Å². The van der Waals surface area contributed by atoms with Crippen LogP contribution in [0.1, 0.15) is 29.3 Å². The number of rotatable bonds is 12. The smallest absolute Gasteiger partial charge is 0.191 e. The Kier molecular flexibility index (Phi) is 9.61. The van der Waals surface area contributed by atoms with Crippen LogP contribution >= 0.6 is 11.6 Å². The second kappa shape index (κ2) is 11.9. The normalized spacial score (nSPS) is 14.4. The van der Waals surface area contributed by atoms with E-state index in [9.17, 15) is 9.90 Å². The van der Waals surface area contributed by atoms with Crippen molar-refractivity contribution in [3.63, 3.8) is 0 Å². The van der Waals surface area contributed by atoms with Gasteiger partial charge in [0.05, 0.1) is 12.7 Å².